The third kappa shape index (κ3) is 5.19. The predicted molar refractivity (Wildman–Crippen MR) is 133 cm³/mol. The second kappa shape index (κ2) is 10.5. The molecule has 2 amide bonds. The molecule has 3 N–H and O–H groups in total. The Bertz CT molecular complexity index is 1040. The molecule has 0 heterocycles. The standard InChI is InChI=1S/C28H34N2O5/c1-3-28(4-2,26(32)33)30-25(31)15-18-13-19(14-18)16-29-27(34)35-17-24-22-11-7-5-9-20(22)21-10-6-8-12-23(21)24/h5-12,18-19,24H,3-4,13-17H2,1-2H3,(H,29,34)(H,30,31)(H,32,33). The van der Waals surface area contributed by atoms with Gasteiger partial charge in [0.15, 0.2) is 0 Å². The molecule has 0 aliphatic heterocycles. The number of amides is 2. The minimum atomic E-state index is -1.19. The highest BCUT2D eigenvalue weighted by atomic mass is 16.5. The molecule has 0 aromatic heterocycles. The monoisotopic (exact) mass is 478 g/mol. The summed E-state index contributed by atoms with van der Waals surface area (Å²) in [5.41, 5.74) is 3.56. The van der Waals surface area contributed by atoms with Crippen LogP contribution in [0.3, 0.4) is 0 Å². The molecule has 0 bridgehead atoms. The van der Waals surface area contributed by atoms with Crippen LogP contribution in [0, 0.1) is 11.8 Å². The van der Waals surface area contributed by atoms with E-state index in [1.165, 1.54) is 22.3 Å². The Morgan fingerprint density at radius 2 is 1.51 bits per heavy atom. The second-order valence-corrected chi connectivity index (χ2v) is 9.76. The van der Waals surface area contributed by atoms with Crippen LogP contribution in [0.5, 0.6) is 0 Å². The van der Waals surface area contributed by atoms with Crippen molar-refractivity contribution in [3.8, 4) is 11.1 Å². The lowest BCUT2D eigenvalue weighted by atomic mass is 9.73. The number of nitrogens with one attached hydrogen (secondary N) is 2. The first kappa shape index (κ1) is 24.8. The number of carboxylic acids is 1. The van der Waals surface area contributed by atoms with Crippen molar-refractivity contribution in [1.82, 2.24) is 10.6 Å². The van der Waals surface area contributed by atoms with E-state index < -0.39 is 17.6 Å². The summed E-state index contributed by atoms with van der Waals surface area (Å²) in [5, 5.41) is 15.1. The molecule has 0 saturated heterocycles. The third-order valence-corrected chi connectivity index (χ3v) is 7.68. The number of carboxylic acid groups (broad SMARTS) is 1. The molecule has 1 saturated carbocycles. The first-order chi connectivity index (χ1) is 16.9. The number of aliphatic carboxylic acids is 1. The number of ether oxygens (including phenoxy) is 1. The van der Waals surface area contributed by atoms with Crippen LogP contribution in [-0.4, -0.2) is 41.8 Å². The molecule has 0 radical (unpaired) electrons. The van der Waals surface area contributed by atoms with E-state index in [1.807, 2.05) is 24.3 Å². The highest BCUT2D eigenvalue weighted by molar-refractivity contribution is 5.87. The van der Waals surface area contributed by atoms with Crippen LogP contribution < -0.4 is 10.6 Å². The molecule has 7 heteroatoms. The summed E-state index contributed by atoms with van der Waals surface area (Å²) < 4.78 is 5.58. The largest absolute Gasteiger partial charge is 0.480 e. The summed E-state index contributed by atoms with van der Waals surface area (Å²) >= 11 is 0. The van der Waals surface area contributed by atoms with Gasteiger partial charge in [-0.2, -0.15) is 0 Å². The number of rotatable bonds is 10. The van der Waals surface area contributed by atoms with Crippen molar-refractivity contribution in [3.63, 3.8) is 0 Å². The molecule has 0 unspecified atom stereocenters. The zero-order valence-corrected chi connectivity index (χ0v) is 20.4. The van der Waals surface area contributed by atoms with Crippen LogP contribution in [0.2, 0.25) is 0 Å². The van der Waals surface area contributed by atoms with Crippen LogP contribution in [0.25, 0.3) is 11.1 Å². The van der Waals surface area contributed by atoms with E-state index in [0.29, 0.717) is 31.7 Å². The van der Waals surface area contributed by atoms with E-state index in [4.69, 9.17) is 4.74 Å². The molecule has 2 aromatic carbocycles. The quantitative estimate of drug-likeness (QED) is 0.459. The molecule has 35 heavy (non-hydrogen) atoms. The SMILES string of the molecule is CCC(CC)(NC(=O)CC1CC(CNC(=O)OCC2c3ccccc3-c3ccccc32)C1)C(=O)O. The first-order valence-electron chi connectivity index (χ1n) is 12.5. The topological polar surface area (TPSA) is 105 Å². The lowest BCUT2D eigenvalue weighted by Crippen LogP contribution is -2.54. The van der Waals surface area contributed by atoms with E-state index in [-0.39, 0.29) is 24.3 Å². The number of hydrogen-bond acceptors (Lipinski definition) is 4. The Morgan fingerprint density at radius 1 is 0.943 bits per heavy atom. The molecule has 7 nitrogen and oxygen atoms in total. The Hall–Kier alpha value is -3.35. The predicted octanol–water partition coefficient (Wildman–Crippen LogP) is 4.70. The maximum atomic E-state index is 12.4. The third-order valence-electron chi connectivity index (χ3n) is 7.68. The van der Waals surface area contributed by atoms with Gasteiger partial charge < -0.3 is 20.5 Å². The number of fused-ring (bicyclic) bond motifs is 3. The molecule has 2 aliphatic rings. The summed E-state index contributed by atoms with van der Waals surface area (Å²) in [6.45, 7) is 4.34. The average molecular weight is 479 g/mol. The van der Waals surface area contributed by atoms with E-state index >= 15 is 0 Å². The van der Waals surface area contributed by atoms with E-state index in [9.17, 15) is 19.5 Å². The van der Waals surface area contributed by atoms with Crippen molar-refractivity contribution < 1.29 is 24.2 Å². The van der Waals surface area contributed by atoms with Crippen LogP contribution in [0.1, 0.15) is 63.0 Å². The van der Waals surface area contributed by atoms with E-state index in [0.717, 1.165) is 12.8 Å². The van der Waals surface area contributed by atoms with Gasteiger partial charge in [0.2, 0.25) is 5.91 Å². The fourth-order valence-corrected chi connectivity index (χ4v) is 5.45. The maximum absolute atomic E-state index is 12.4. The van der Waals surface area contributed by atoms with Crippen molar-refractivity contribution in [2.75, 3.05) is 13.2 Å². The summed E-state index contributed by atoms with van der Waals surface area (Å²) in [4.78, 5) is 36.3. The van der Waals surface area contributed by atoms with Gasteiger partial charge >= 0.3 is 12.1 Å². The Kier molecular flexibility index (Phi) is 7.43. The van der Waals surface area contributed by atoms with Gasteiger partial charge in [0, 0.05) is 18.9 Å². The highest BCUT2D eigenvalue weighted by Gasteiger charge is 2.38. The van der Waals surface area contributed by atoms with Crippen molar-refractivity contribution in [1.29, 1.82) is 0 Å². The smallest absolute Gasteiger partial charge is 0.407 e. The Morgan fingerprint density at radius 3 is 2.06 bits per heavy atom. The highest BCUT2D eigenvalue weighted by Crippen LogP contribution is 2.44. The number of benzene rings is 2. The van der Waals surface area contributed by atoms with Crippen LogP contribution in [0.15, 0.2) is 48.5 Å². The zero-order chi connectivity index (χ0) is 25.0. The normalized spacial score (nSPS) is 18.7. The van der Waals surface area contributed by atoms with Crippen LogP contribution >= 0.6 is 0 Å². The van der Waals surface area contributed by atoms with E-state index in [2.05, 4.69) is 34.9 Å². The molecule has 1 fully saturated rings. The average Bonchev–Trinajstić information content (AvgIpc) is 3.16. The lowest BCUT2D eigenvalue weighted by Gasteiger charge is -2.36. The molecule has 0 atom stereocenters. The van der Waals surface area contributed by atoms with Gasteiger partial charge in [-0.05, 0) is 59.8 Å². The molecule has 2 aromatic rings. The summed E-state index contributed by atoms with van der Waals surface area (Å²) in [6.07, 6.45) is 2.25. The van der Waals surface area contributed by atoms with Crippen LogP contribution in [0.4, 0.5) is 4.79 Å². The first-order valence-corrected chi connectivity index (χ1v) is 12.5. The molecular formula is C28H34N2O5. The van der Waals surface area contributed by atoms with Crippen LogP contribution in [-0.2, 0) is 14.3 Å². The minimum Gasteiger partial charge on any atom is -0.480 e. The van der Waals surface area contributed by atoms with Crippen molar-refractivity contribution in [2.24, 2.45) is 11.8 Å². The van der Waals surface area contributed by atoms with Crippen molar-refractivity contribution in [3.05, 3.63) is 59.7 Å². The molecule has 4 rings (SSSR count). The minimum absolute atomic E-state index is 0.0314. The maximum Gasteiger partial charge on any atom is 0.407 e. The summed E-state index contributed by atoms with van der Waals surface area (Å²) in [7, 11) is 0. The second-order valence-electron chi connectivity index (χ2n) is 9.76. The number of carbonyl (C=O) groups is 3. The van der Waals surface area contributed by atoms with Crippen molar-refractivity contribution >= 4 is 18.0 Å². The Balaban J connectivity index is 1.19. The van der Waals surface area contributed by atoms with Gasteiger partial charge in [0.1, 0.15) is 12.1 Å². The lowest BCUT2D eigenvalue weighted by molar-refractivity contribution is -0.148. The number of hydrogen-bond donors (Lipinski definition) is 3. The van der Waals surface area contributed by atoms with Gasteiger partial charge in [-0.15, -0.1) is 0 Å². The van der Waals surface area contributed by atoms with Gasteiger partial charge in [0.25, 0.3) is 0 Å². The molecule has 0 spiro atoms. The molecular weight excluding hydrogens is 444 g/mol. The zero-order valence-electron chi connectivity index (χ0n) is 20.4. The summed E-state index contributed by atoms with van der Waals surface area (Å²) in [5.74, 6) is -0.665. The fourth-order valence-electron chi connectivity index (χ4n) is 5.45. The molecule has 186 valence electrons. The molecule has 2 aliphatic carbocycles. The van der Waals surface area contributed by atoms with Gasteiger partial charge in [-0.25, -0.2) is 9.59 Å². The van der Waals surface area contributed by atoms with Gasteiger partial charge in [-0.1, -0.05) is 62.4 Å². The number of carbonyl (C=O) groups excluding carboxylic acids is 2. The summed E-state index contributed by atoms with van der Waals surface area (Å²) in [6, 6.07) is 16.5. The van der Waals surface area contributed by atoms with Gasteiger partial charge in [-0.3, -0.25) is 4.79 Å². The Labute approximate surface area is 206 Å². The van der Waals surface area contributed by atoms with Gasteiger partial charge in [0.05, 0.1) is 0 Å². The van der Waals surface area contributed by atoms with E-state index in [1.54, 1.807) is 13.8 Å². The van der Waals surface area contributed by atoms with Crippen molar-refractivity contribution in [2.45, 2.75) is 57.4 Å². The number of alkyl carbamates (subject to hydrolysis) is 1. The fraction of sp³-hybridized carbons (Fsp3) is 0.464.